The van der Waals surface area contributed by atoms with Crippen molar-refractivity contribution in [2.75, 3.05) is 16.0 Å². The lowest BCUT2D eigenvalue weighted by molar-refractivity contribution is -0.138. The number of alkyl halides is 3. The summed E-state index contributed by atoms with van der Waals surface area (Å²) in [6, 6.07) is 8.59. The first-order chi connectivity index (χ1) is 17.1. The molecule has 4 rings (SSSR count). The Morgan fingerprint density at radius 3 is 2.61 bits per heavy atom. The molecule has 3 heterocycles. The van der Waals surface area contributed by atoms with Crippen LogP contribution >= 0.6 is 11.3 Å². The summed E-state index contributed by atoms with van der Waals surface area (Å²) < 4.78 is 46.8. The van der Waals surface area contributed by atoms with E-state index in [-0.39, 0.29) is 17.5 Å². The van der Waals surface area contributed by atoms with Gasteiger partial charge in [-0.2, -0.15) is 23.3 Å². The summed E-state index contributed by atoms with van der Waals surface area (Å²) in [6.45, 7) is 3.18. The number of nitrogens with one attached hydrogen (secondary N) is 4. The zero-order chi connectivity index (χ0) is 25.9. The van der Waals surface area contributed by atoms with Crippen molar-refractivity contribution < 1.29 is 27.8 Å². The number of aryl methyl sites for hydroxylation is 1. The van der Waals surface area contributed by atoms with Crippen LogP contribution in [-0.4, -0.2) is 31.3 Å². The van der Waals surface area contributed by atoms with Gasteiger partial charge in [0, 0.05) is 23.5 Å². The second-order valence-electron chi connectivity index (χ2n) is 7.55. The standard InChI is InChI=1S/C22H20F3N7O3S/c1-11-8-17(28-18-10-15(12(2)33)31-32-18)29-21(26-11)35-16-6-5-13(9-14(16)22(23,24)25)27-20(34)30-19-4-3-7-36-19/h3-10,12,33H,1-2H3,(H2,27,30,34)(H2,26,28,29,31,32). The third-order valence-electron chi connectivity index (χ3n) is 4.64. The second-order valence-corrected chi connectivity index (χ2v) is 8.50. The van der Waals surface area contributed by atoms with Gasteiger partial charge in [0.05, 0.1) is 16.8 Å². The molecule has 3 aromatic heterocycles. The van der Waals surface area contributed by atoms with E-state index in [1.165, 1.54) is 17.4 Å². The second kappa shape index (κ2) is 10.2. The number of rotatable bonds is 7. The van der Waals surface area contributed by atoms with Crippen LogP contribution in [0.4, 0.5) is 40.3 Å². The van der Waals surface area contributed by atoms with Gasteiger partial charge in [-0.05, 0) is 49.6 Å². The Hall–Kier alpha value is -4.17. The number of hydrogen-bond acceptors (Lipinski definition) is 8. The number of aliphatic hydroxyl groups is 1. The summed E-state index contributed by atoms with van der Waals surface area (Å²) in [5, 5.41) is 26.3. The van der Waals surface area contributed by atoms with Gasteiger partial charge in [-0.3, -0.25) is 10.4 Å². The third-order valence-corrected chi connectivity index (χ3v) is 5.42. The van der Waals surface area contributed by atoms with Crippen LogP contribution in [-0.2, 0) is 6.18 Å². The van der Waals surface area contributed by atoms with Crippen molar-refractivity contribution in [3.05, 3.63) is 64.8 Å². The van der Waals surface area contributed by atoms with Crippen molar-refractivity contribution in [2.45, 2.75) is 26.1 Å². The van der Waals surface area contributed by atoms with Crippen LogP contribution in [0.25, 0.3) is 0 Å². The lowest BCUT2D eigenvalue weighted by Gasteiger charge is -2.15. The molecule has 1 aromatic carbocycles. The first kappa shape index (κ1) is 24.9. The van der Waals surface area contributed by atoms with Crippen LogP contribution in [0.15, 0.2) is 47.8 Å². The predicted octanol–water partition coefficient (Wildman–Crippen LogP) is 5.82. The summed E-state index contributed by atoms with van der Waals surface area (Å²) in [4.78, 5) is 20.3. The van der Waals surface area contributed by atoms with E-state index in [9.17, 15) is 23.1 Å². The normalized spacial score (nSPS) is 12.2. The number of anilines is 4. The zero-order valence-electron chi connectivity index (χ0n) is 18.8. The number of thiophene rings is 1. The third kappa shape index (κ3) is 6.28. The molecule has 10 nitrogen and oxygen atoms in total. The Kier molecular flexibility index (Phi) is 7.07. The Labute approximate surface area is 206 Å². The summed E-state index contributed by atoms with van der Waals surface area (Å²) >= 11 is 1.27. The Morgan fingerprint density at radius 1 is 1.14 bits per heavy atom. The number of halogens is 3. The van der Waals surface area contributed by atoms with Crippen LogP contribution in [0, 0.1) is 6.92 Å². The van der Waals surface area contributed by atoms with Crippen molar-refractivity contribution in [3.8, 4) is 11.8 Å². The molecule has 188 valence electrons. The van der Waals surface area contributed by atoms with Crippen molar-refractivity contribution in [3.63, 3.8) is 0 Å². The number of nitrogens with zero attached hydrogens (tertiary/aromatic N) is 3. The highest BCUT2D eigenvalue weighted by Crippen LogP contribution is 2.39. The maximum Gasteiger partial charge on any atom is 0.420 e. The minimum Gasteiger partial charge on any atom is -0.424 e. The van der Waals surface area contributed by atoms with Gasteiger partial charge in [-0.1, -0.05) is 0 Å². The average Bonchev–Trinajstić information content (AvgIpc) is 3.46. The minimum absolute atomic E-state index is 0.0799. The molecule has 0 fully saturated rings. The highest BCUT2D eigenvalue weighted by Gasteiger charge is 2.35. The van der Waals surface area contributed by atoms with Gasteiger partial charge in [0.25, 0.3) is 0 Å². The molecule has 0 aliphatic carbocycles. The van der Waals surface area contributed by atoms with Gasteiger partial charge in [-0.25, -0.2) is 9.78 Å². The molecule has 0 saturated heterocycles. The molecule has 14 heteroatoms. The predicted molar refractivity (Wildman–Crippen MR) is 128 cm³/mol. The molecule has 0 bridgehead atoms. The first-order valence-electron chi connectivity index (χ1n) is 10.4. The lowest BCUT2D eigenvalue weighted by Crippen LogP contribution is -2.19. The van der Waals surface area contributed by atoms with Crippen molar-refractivity contribution in [1.29, 1.82) is 0 Å². The molecule has 4 aromatic rings. The fraction of sp³-hybridized carbons (Fsp3) is 0.182. The van der Waals surface area contributed by atoms with Crippen LogP contribution in [0.5, 0.6) is 11.8 Å². The fourth-order valence-corrected chi connectivity index (χ4v) is 3.65. The summed E-state index contributed by atoms with van der Waals surface area (Å²) in [5.74, 6) is 0.0137. The van der Waals surface area contributed by atoms with E-state index in [0.717, 1.165) is 12.1 Å². The summed E-state index contributed by atoms with van der Waals surface area (Å²) in [7, 11) is 0. The number of aliphatic hydroxyl groups excluding tert-OH is 1. The number of aromatic nitrogens is 4. The van der Waals surface area contributed by atoms with E-state index in [1.54, 1.807) is 43.5 Å². The minimum atomic E-state index is -4.78. The highest BCUT2D eigenvalue weighted by molar-refractivity contribution is 7.14. The number of ether oxygens (including phenoxy) is 1. The van der Waals surface area contributed by atoms with E-state index < -0.39 is 29.6 Å². The lowest BCUT2D eigenvalue weighted by atomic mass is 10.1. The topological polar surface area (TPSA) is 137 Å². The first-order valence-corrected chi connectivity index (χ1v) is 11.3. The van der Waals surface area contributed by atoms with Crippen molar-refractivity contribution in [1.82, 2.24) is 20.2 Å². The number of H-pyrrole nitrogens is 1. The maximum absolute atomic E-state index is 13.8. The van der Waals surface area contributed by atoms with Gasteiger partial charge in [0.15, 0.2) is 5.82 Å². The number of carbonyl (C=O) groups is 1. The molecule has 0 aliphatic heterocycles. The van der Waals surface area contributed by atoms with Gasteiger partial charge in [-0.15, -0.1) is 11.3 Å². The smallest absolute Gasteiger partial charge is 0.420 e. The molecular formula is C22H20F3N7O3S. The molecule has 0 spiro atoms. The number of aromatic amines is 1. The van der Waals surface area contributed by atoms with Crippen LogP contribution < -0.4 is 20.7 Å². The largest absolute Gasteiger partial charge is 0.424 e. The average molecular weight is 520 g/mol. The van der Waals surface area contributed by atoms with Gasteiger partial charge in [0.1, 0.15) is 17.1 Å². The fourth-order valence-electron chi connectivity index (χ4n) is 3.04. The maximum atomic E-state index is 13.8. The van der Waals surface area contributed by atoms with Crippen LogP contribution in [0.2, 0.25) is 0 Å². The molecule has 2 amide bonds. The molecule has 0 radical (unpaired) electrons. The highest BCUT2D eigenvalue weighted by atomic mass is 32.1. The Morgan fingerprint density at radius 2 is 1.94 bits per heavy atom. The van der Waals surface area contributed by atoms with E-state index >= 15 is 0 Å². The molecule has 1 unspecified atom stereocenters. The SMILES string of the molecule is Cc1cc(Nc2cc(C(C)O)[nH]n2)nc(Oc2ccc(NC(=O)Nc3cccs3)cc2C(F)(F)F)n1. The van der Waals surface area contributed by atoms with Crippen LogP contribution in [0.1, 0.15) is 30.0 Å². The number of urea groups is 1. The van der Waals surface area contributed by atoms with Crippen molar-refractivity contribution >= 4 is 39.7 Å². The van der Waals surface area contributed by atoms with Gasteiger partial charge in [0.2, 0.25) is 0 Å². The number of benzene rings is 1. The van der Waals surface area contributed by atoms with E-state index in [2.05, 4.69) is 36.1 Å². The number of carbonyl (C=O) groups excluding carboxylic acids is 1. The quantitative estimate of drug-likeness (QED) is 0.207. The molecule has 0 saturated carbocycles. The van der Waals surface area contributed by atoms with Crippen molar-refractivity contribution in [2.24, 2.45) is 0 Å². The molecular weight excluding hydrogens is 499 g/mol. The Bertz CT molecular complexity index is 1360. The Balaban J connectivity index is 1.54. The number of amides is 2. The summed E-state index contributed by atoms with van der Waals surface area (Å²) in [6.07, 6.45) is -5.55. The zero-order valence-corrected chi connectivity index (χ0v) is 19.7. The number of hydrogen-bond donors (Lipinski definition) is 5. The molecule has 0 aliphatic rings. The van der Waals surface area contributed by atoms with Gasteiger partial charge < -0.3 is 20.5 Å². The molecule has 1 atom stereocenters. The van der Waals surface area contributed by atoms with Gasteiger partial charge >= 0.3 is 18.2 Å². The summed E-state index contributed by atoms with van der Waals surface area (Å²) in [5.41, 5.74) is -0.313. The molecule has 36 heavy (non-hydrogen) atoms. The van der Waals surface area contributed by atoms with Crippen LogP contribution in [0.3, 0.4) is 0 Å². The monoisotopic (exact) mass is 519 g/mol. The molecule has 5 N–H and O–H groups in total. The van der Waals surface area contributed by atoms with E-state index in [4.69, 9.17) is 4.74 Å². The van der Waals surface area contributed by atoms with E-state index in [0.29, 0.717) is 22.2 Å². The van der Waals surface area contributed by atoms with E-state index in [1.807, 2.05) is 0 Å².